The van der Waals surface area contributed by atoms with Gasteiger partial charge in [0.25, 0.3) is 0 Å². The molecule has 15 heavy (non-hydrogen) atoms. The van der Waals surface area contributed by atoms with Gasteiger partial charge < -0.3 is 15.1 Å². The molecule has 0 aliphatic heterocycles. The summed E-state index contributed by atoms with van der Waals surface area (Å²) in [5.41, 5.74) is 0. The van der Waals surface area contributed by atoms with Crippen molar-refractivity contribution in [3.63, 3.8) is 0 Å². The minimum atomic E-state index is -0.638. The number of aromatic nitrogens is 2. The summed E-state index contributed by atoms with van der Waals surface area (Å²) >= 11 is 5.52. The van der Waals surface area contributed by atoms with Gasteiger partial charge in [-0.1, -0.05) is 0 Å². The Balaban J connectivity index is 2.93. The van der Waals surface area contributed by atoms with E-state index in [1.807, 2.05) is 0 Å². The quantitative estimate of drug-likeness (QED) is 0.707. The summed E-state index contributed by atoms with van der Waals surface area (Å²) in [4.78, 5) is 8.55. The van der Waals surface area contributed by atoms with Gasteiger partial charge in [-0.25, -0.2) is 9.37 Å². The second-order valence-electron chi connectivity index (χ2n) is 2.74. The molecule has 0 spiro atoms. The van der Waals surface area contributed by atoms with Crippen LogP contribution in [0.3, 0.4) is 0 Å². The summed E-state index contributed by atoms with van der Waals surface area (Å²) in [5.74, 6) is -0.653. The molecule has 0 radical (unpaired) electrons. The molecule has 7 heteroatoms. The number of anilines is 1. The van der Waals surface area contributed by atoms with Crippen molar-refractivity contribution in [2.45, 2.75) is 0 Å². The third-order valence-corrected chi connectivity index (χ3v) is 1.92. The maximum absolute atomic E-state index is 13.3. The molecule has 0 unspecified atom stereocenters. The zero-order chi connectivity index (χ0) is 11.3. The van der Waals surface area contributed by atoms with Crippen LogP contribution in [-0.4, -0.2) is 46.5 Å². The van der Waals surface area contributed by atoms with Gasteiger partial charge in [-0.3, -0.25) is 0 Å². The third kappa shape index (κ3) is 3.26. The van der Waals surface area contributed by atoms with Gasteiger partial charge in [0, 0.05) is 13.1 Å². The monoisotopic (exact) mass is 235 g/mol. The lowest BCUT2D eigenvalue weighted by atomic mass is 10.4. The van der Waals surface area contributed by atoms with Gasteiger partial charge >= 0.3 is 0 Å². The molecule has 0 saturated carbocycles. The molecule has 84 valence electrons. The molecule has 5 nitrogen and oxygen atoms in total. The van der Waals surface area contributed by atoms with E-state index in [9.17, 15) is 4.39 Å². The van der Waals surface area contributed by atoms with Gasteiger partial charge in [-0.2, -0.15) is 4.98 Å². The van der Waals surface area contributed by atoms with E-state index in [1.54, 1.807) is 0 Å². The highest BCUT2D eigenvalue weighted by Crippen LogP contribution is 2.16. The van der Waals surface area contributed by atoms with E-state index in [2.05, 4.69) is 9.97 Å². The van der Waals surface area contributed by atoms with E-state index in [-0.39, 0.29) is 37.4 Å². The Bertz CT molecular complexity index is 321. The zero-order valence-corrected chi connectivity index (χ0v) is 8.65. The Morgan fingerprint density at radius 1 is 1.33 bits per heavy atom. The Hall–Kier alpha value is -0.980. The van der Waals surface area contributed by atoms with Crippen molar-refractivity contribution in [1.29, 1.82) is 0 Å². The Labute approximate surface area is 91.1 Å². The zero-order valence-electron chi connectivity index (χ0n) is 7.90. The van der Waals surface area contributed by atoms with Gasteiger partial charge in [-0.05, 0) is 11.6 Å². The first-order valence-corrected chi connectivity index (χ1v) is 4.71. The number of rotatable bonds is 5. The molecule has 1 rings (SSSR count). The summed E-state index contributed by atoms with van der Waals surface area (Å²) in [6.07, 6.45) is 0.951. The van der Waals surface area contributed by atoms with Crippen molar-refractivity contribution >= 4 is 17.4 Å². The Kier molecular flexibility index (Phi) is 4.67. The first-order chi connectivity index (χ1) is 7.19. The maximum Gasteiger partial charge on any atom is 0.224 e. The number of aliphatic hydroxyl groups is 2. The summed E-state index contributed by atoms with van der Waals surface area (Å²) < 4.78 is 13.3. The van der Waals surface area contributed by atoms with Crippen LogP contribution in [0.25, 0.3) is 0 Å². The van der Waals surface area contributed by atoms with Crippen LogP contribution in [0.2, 0.25) is 5.28 Å². The maximum atomic E-state index is 13.3. The van der Waals surface area contributed by atoms with E-state index >= 15 is 0 Å². The van der Waals surface area contributed by atoms with Gasteiger partial charge in [0.2, 0.25) is 5.28 Å². The van der Waals surface area contributed by atoms with Crippen molar-refractivity contribution in [1.82, 2.24) is 9.97 Å². The fraction of sp³-hybridized carbons (Fsp3) is 0.500. The van der Waals surface area contributed by atoms with Crippen molar-refractivity contribution < 1.29 is 14.6 Å². The Morgan fingerprint density at radius 3 is 2.47 bits per heavy atom. The van der Waals surface area contributed by atoms with Crippen LogP contribution in [0.1, 0.15) is 0 Å². The predicted molar refractivity (Wildman–Crippen MR) is 53.4 cm³/mol. The van der Waals surface area contributed by atoms with Crippen LogP contribution in [0, 0.1) is 5.82 Å². The number of hydrogen-bond acceptors (Lipinski definition) is 5. The lowest BCUT2D eigenvalue weighted by Gasteiger charge is -2.21. The topological polar surface area (TPSA) is 69.5 Å². The average molecular weight is 236 g/mol. The predicted octanol–water partition coefficient (Wildman–Crippen LogP) is 0.0601. The molecule has 0 atom stereocenters. The van der Waals surface area contributed by atoms with Crippen LogP contribution in [0.5, 0.6) is 0 Å². The molecule has 0 aliphatic carbocycles. The minimum absolute atomic E-state index is 0.0156. The minimum Gasteiger partial charge on any atom is -0.395 e. The molecule has 0 fully saturated rings. The first-order valence-electron chi connectivity index (χ1n) is 4.33. The highest BCUT2D eigenvalue weighted by atomic mass is 35.5. The largest absolute Gasteiger partial charge is 0.395 e. The Morgan fingerprint density at radius 2 is 1.93 bits per heavy atom. The number of nitrogens with zero attached hydrogens (tertiary/aromatic N) is 3. The van der Waals surface area contributed by atoms with Gasteiger partial charge in [0.15, 0.2) is 11.6 Å². The van der Waals surface area contributed by atoms with Gasteiger partial charge in [0.1, 0.15) is 0 Å². The molecule has 0 saturated heterocycles. The summed E-state index contributed by atoms with van der Waals surface area (Å²) in [6.45, 7) is 0.0117. The molecule has 0 aliphatic rings. The molecular weight excluding hydrogens is 225 g/mol. The average Bonchev–Trinajstić information content (AvgIpc) is 2.21. The molecule has 0 amide bonds. The van der Waals surface area contributed by atoms with Crippen LogP contribution in [0.4, 0.5) is 10.2 Å². The molecule has 2 N–H and O–H groups in total. The van der Waals surface area contributed by atoms with Crippen LogP contribution < -0.4 is 4.90 Å². The fourth-order valence-electron chi connectivity index (χ4n) is 1.12. The van der Waals surface area contributed by atoms with Crippen LogP contribution >= 0.6 is 11.6 Å². The van der Waals surface area contributed by atoms with Crippen molar-refractivity contribution in [3.05, 3.63) is 17.3 Å². The standard InChI is InChI=1S/C8H11ClFN3O2/c9-8-11-5-6(10)7(12-8)13(1-3-14)2-4-15/h5,14-15H,1-4H2. The molecule has 1 aromatic rings. The van der Waals surface area contributed by atoms with E-state index in [0.717, 1.165) is 6.20 Å². The first kappa shape index (κ1) is 12.1. The number of aliphatic hydroxyl groups excluding tert-OH is 2. The van der Waals surface area contributed by atoms with Gasteiger partial charge in [0.05, 0.1) is 19.4 Å². The van der Waals surface area contributed by atoms with Crippen molar-refractivity contribution in [3.8, 4) is 0 Å². The second-order valence-corrected chi connectivity index (χ2v) is 3.08. The van der Waals surface area contributed by atoms with Gasteiger partial charge in [-0.15, -0.1) is 0 Å². The normalized spacial score (nSPS) is 10.4. The molecule has 1 aromatic heterocycles. The fourth-order valence-corrected chi connectivity index (χ4v) is 1.25. The van der Waals surface area contributed by atoms with Crippen LogP contribution in [0.15, 0.2) is 6.20 Å². The van der Waals surface area contributed by atoms with Crippen molar-refractivity contribution in [2.75, 3.05) is 31.2 Å². The lowest BCUT2D eigenvalue weighted by Crippen LogP contribution is -2.31. The van der Waals surface area contributed by atoms with Crippen molar-refractivity contribution in [2.24, 2.45) is 0 Å². The number of halogens is 2. The SMILES string of the molecule is OCCN(CCO)c1nc(Cl)ncc1F. The van der Waals surface area contributed by atoms with E-state index in [0.29, 0.717) is 0 Å². The smallest absolute Gasteiger partial charge is 0.224 e. The number of hydrogen-bond donors (Lipinski definition) is 2. The third-order valence-electron chi connectivity index (χ3n) is 1.74. The highest BCUT2D eigenvalue weighted by molar-refractivity contribution is 6.28. The second kappa shape index (κ2) is 5.79. The lowest BCUT2D eigenvalue weighted by molar-refractivity contribution is 0.280. The highest BCUT2D eigenvalue weighted by Gasteiger charge is 2.13. The molecule has 0 bridgehead atoms. The van der Waals surface area contributed by atoms with Crippen LogP contribution in [-0.2, 0) is 0 Å². The summed E-state index contributed by atoms with van der Waals surface area (Å²) in [7, 11) is 0. The summed E-state index contributed by atoms with van der Waals surface area (Å²) in [6, 6.07) is 0. The van der Waals surface area contributed by atoms with E-state index < -0.39 is 5.82 Å². The summed E-state index contributed by atoms with van der Waals surface area (Å²) in [5, 5.41) is 17.4. The van der Waals surface area contributed by atoms with E-state index in [4.69, 9.17) is 21.8 Å². The van der Waals surface area contributed by atoms with E-state index in [1.165, 1.54) is 4.90 Å². The molecule has 0 aromatic carbocycles. The molecular formula is C8H11ClFN3O2. The molecule has 1 heterocycles.